The van der Waals surface area contributed by atoms with Gasteiger partial charge in [-0.3, -0.25) is 4.79 Å². The van der Waals surface area contributed by atoms with Crippen molar-refractivity contribution in [2.75, 3.05) is 20.6 Å². The van der Waals surface area contributed by atoms with Gasteiger partial charge in [0.05, 0.1) is 17.4 Å². The summed E-state index contributed by atoms with van der Waals surface area (Å²) in [6, 6.07) is 17.1. The molecule has 0 spiro atoms. The normalized spacial score (nSPS) is 12.2. The summed E-state index contributed by atoms with van der Waals surface area (Å²) in [7, 11) is 3.91. The van der Waals surface area contributed by atoms with Gasteiger partial charge in [-0.1, -0.05) is 48.0 Å². The molecule has 1 N–H and O–H groups in total. The molecule has 0 saturated carbocycles. The quantitative estimate of drug-likeness (QED) is 0.709. The largest absolute Gasteiger partial charge is 0.349 e. The van der Waals surface area contributed by atoms with E-state index in [4.69, 9.17) is 11.6 Å². The van der Waals surface area contributed by atoms with Gasteiger partial charge >= 0.3 is 0 Å². The number of para-hydroxylation sites is 1. The van der Waals surface area contributed by atoms with Crippen molar-refractivity contribution in [2.45, 2.75) is 13.0 Å². The molecule has 3 aromatic rings. The molecule has 0 fully saturated rings. The van der Waals surface area contributed by atoms with E-state index in [9.17, 15) is 4.79 Å². The molecule has 1 unspecified atom stereocenters. The van der Waals surface area contributed by atoms with Crippen LogP contribution in [0.5, 0.6) is 0 Å². The molecule has 140 valence electrons. The van der Waals surface area contributed by atoms with Crippen LogP contribution in [0.25, 0.3) is 5.69 Å². The van der Waals surface area contributed by atoms with Crippen LogP contribution in [0.3, 0.4) is 0 Å². The number of amides is 1. The third-order valence-electron chi connectivity index (χ3n) is 4.33. The van der Waals surface area contributed by atoms with Crippen LogP contribution in [0.2, 0.25) is 5.02 Å². The zero-order chi connectivity index (χ0) is 19.4. The molecule has 6 nitrogen and oxygen atoms in total. The van der Waals surface area contributed by atoms with Crippen LogP contribution in [0.1, 0.15) is 27.8 Å². The van der Waals surface area contributed by atoms with Gasteiger partial charge in [-0.05, 0) is 44.8 Å². The fourth-order valence-corrected chi connectivity index (χ4v) is 3.12. The Labute approximate surface area is 163 Å². The van der Waals surface area contributed by atoms with E-state index in [2.05, 4.69) is 15.5 Å². The Balaban J connectivity index is 1.75. The molecule has 3 rings (SSSR count). The number of benzene rings is 2. The van der Waals surface area contributed by atoms with Gasteiger partial charge in [0.1, 0.15) is 0 Å². The highest BCUT2D eigenvalue weighted by Crippen LogP contribution is 2.25. The van der Waals surface area contributed by atoms with Crippen LogP contribution in [-0.2, 0) is 0 Å². The monoisotopic (exact) mass is 383 g/mol. The van der Waals surface area contributed by atoms with E-state index in [-0.39, 0.29) is 11.9 Å². The van der Waals surface area contributed by atoms with Gasteiger partial charge in [0.15, 0.2) is 5.69 Å². The van der Waals surface area contributed by atoms with Crippen molar-refractivity contribution in [2.24, 2.45) is 0 Å². The minimum Gasteiger partial charge on any atom is -0.349 e. The average Bonchev–Trinajstić information content (AvgIpc) is 3.05. The molecular weight excluding hydrogens is 362 g/mol. The number of hydrogen-bond donors (Lipinski definition) is 1. The van der Waals surface area contributed by atoms with Gasteiger partial charge < -0.3 is 10.2 Å². The Kier molecular flexibility index (Phi) is 5.88. The third kappa shape index (κ3) is 4.35. The molecule has 0 radical (unpaired) electrons. The zero-order valence-corrected chi connectivity index (χ0v) is 16.3. The number of carbonyl (C=O) groups excluding carboxylic acids is 1. The first kappa shape index (κ1) is 19.1. The Morgan fingerprint density at radius 1 is 1.11 bits per heavy atom. The van der Waals surface area contributed by atoms with Crippen molar-refractivity contribution >= 4 is 17.5 Å². The van der Waals surface area contributed by atoms with E-state index in [1.807, 2.05) is 73.6 Å². The fourth-order valence-electron chi connectivity index (χ4n) is 2.85. The standard InChI is InChI=1S/C20H22ClN5O/c1-14-19(24-26(23-14)15-9-5-4-6-10-15)20(27)22-13-18(25(2)3)16-11-7-8-12-17(16)21/h4-12,18H,13H2,1-3H3,(H,22,27). The highest BCUT2D eigenvalue weighted by atomic mass is 35.5. The van der Waals surface area contributed by atoms with E-state index in [0.29, 0.717) is 23.0 Å². The van der Waals surface area contributed by atoms with Gasteiger partial charge in [-0.25, -0.2) is 0 Å². The number of likely N-dealkylation sites (N-methyl/N-ethyl adjacent to an activating group) is 1. The number of nitrogens with zero attached hydrogens (tertiary/aromatic N) is 4. The lowest BCUT2D eigenvalue weighted by molar-refractivity contribution is 0.0936. The molecule has 27 heavy (non-hydrogen) atoms. The van der Waals surface area contributed by atoms with Gasteiger partial charge in [0, 0.05) is 11.6 Å². The maximum absolute atomic E-state index is 12.7. The van der Waals surface area contributed by atoms with Crippen LogP contribution in [0.15, 0.2) is 54.6 Å². The number of nitrogens with one attached hydrogen (secondary N) is 1. The number of hydrogen-bond acceptors (Lipinski definition) is 4. The summed E-state index contributed by atoms with van der Waals surface area (Å²) in [6.07, 6.45) is 0. The molecule has 0 aliphatic rings. The first-order valence-corrected chi connectivity index (χ1v) is 9.03. The Bertz CT molecular complexity index is 923. The Morgan fingerprint density at radius 2 is 1.78 bits per heavy atom. The molecule has 7 heteroatoms. The van der Waals surface area contributed by atoms with Crippen molar-refractivity contribution in [3.05, 3.63) is 76.6 Å². The first-order valence-electron chi connectivity index (χ1n) is 8.66. The van der Waals surface area contributed by atoms with Crippen molar-refractivity contribution in [1.82, 2.24) is 25.2 Å². The molecule has 0 aliphatic heterocycles. The molecule has 0 bridgehead atoms. The van der Waals surface area contributed by atoms with Crippen LogP contribution in [0, 0.1) is 6.92 Å². The smallest absolute Gasteiger partial charge is 0.273 e. The minimum absolute atomic E-state index is 0.0490. The molecule has 1 amide bonds. The first-order chi connectivity index (χ1) is 13.0. The topological polar surface area (TPSA) is 63.1 Å². The minimum atomic E-state index is -0.256. The van der Waals surface area contributed by atoms with Crippen LogP contribution in [-0.4, -0.2) is 46.4 Å². The molecule has 1 atom stereocenters. The highest BCUT2D eigenvalue weighted by Gasteiger charge is 2.21. The Hall–Kier alpha value is -2.70. The molecule has 0 aliphatic carbocycles. The van der Waals surface area contributed by atoms with Gasteiger partial charge in [-0.2, -0.15) is 9.90 Å². The van der Waals surface area contributed by atoms with E-state index in [1.54, 1.807) is 6.92 Å². The second-order valence-corrected chi connectivity index (χ2v) is 6.88. The highest BCUT2D eigenvalue weighted by molar-refractivity contribution is 6.31. The van der Waals surface area contributed by atoms with Crippen LogP contribution < -0.4 is 5.32 Å². The summed E-state index contributed by atoms with van der Waals surface area (Å²) in [5, 5.41) is 12.3. The number of carbonyl (C=O) groups is 1. The second-order valence-electron chi connectivity index (χ2n) is 6.47. The van der Waals surface area contributed by atoms with E-state index in [1.165, 1.54) is 4.80 Å². The molecule has 1 heterocycles. The fraction of sp³-hybridized carbons (Fsp3) is 0.250. The Morgan fingerprint density at radius 3 is 2.44 bits per heavy atom. The predicted molar refractivity (Wildman–Crippen MR) is 106 cm³/mol. The second kappa shape index (κ2) is 8.33. The number of rotatable bonds is 6. The number of halogens is 1. The number of aryl methyl sites for hydroxylation is 1. The van der Waals surface area contributed by atoms with Crippen molar-refractivity contribution in [3.63, 3.8) is 0 Å². The maximum atomic E-state index is 12.7. The lowest BCUT2D eigenvalue weighted by Gasteiger charge is -2.25. The van der Waals surface area contributed by atoms with Crippen LogP contribution in [0.4, 0.5) is 0 Å². The summed E-state index contributed by atoms with van der Waals surface area (Å²) < 4.78 is 0. The molecule has 1 aromatic heterocycles. The zero-order valence-electron chi connectivity index (χ0n) is 15.6. The van der Waals surface area contributed by atoms with Gasteiger partial charge in [-0.15, -0.1) is 5.10 Å². The summed E-state index contributed by atoms with van der Waals surface area (Å²) in [4.78, 5) is 16.2. The van der Waals surface area contributed by atoms with Gasteiger partial charge in [0.2, 0.25) is 0 Å². The van der Waals surface area contributed by atoms with E-state index < -0.39 is 0 Å². The number of aromatic nitrogens is 3. The lowest BCUT2D eigenvalue weighted by atomic mass is 10.1. The predicted octanol–water partition coefficient (Wildman–Crippen LogP) is 3.26. The molecule has 2 aromatic carbocycles. The van der Waals surface area contributed by atoms with Crippen molar-refractivity contribution < 1.29 is 4.79 Å². The molecular formula is C20H22ClN5O. The molecule has 0 saturated heterocycles. The third-order valence-corrected chi connectivity index (χ3v) is 4.67. The summed E-state index contributed by atoms with van der Waals surface area (Å²) in [5.74, 6) is -0.256. The maximum Gasteiger partial charge on any atom is 0.273 e. The van der Waals surface area contributed by atoms with Crippen molar-refractivity contribution in [1.29, 1.82) is 0 Å². The van der Waals surface area contributed by atoms with E-state index >= 15 is 0 Å². The van der Waals surface area contributed by atoms with Gasteiger partial charge in [0.25, 0.3) is 5.91 Å². The summed E-state index contributed by atoms with van der Waals surface area (Å²) in [5.41, 5.74) is 2.67. The summed E-state index contributed by atoms with van der Waals surface area (Å²) in [6.45, 7) is 2.19. The lowest BCUT2D eigenvalue weighted by Crippen LogP contribution is -2.35. The van der Waals surface area contributed by atoms with Crippen LogP contribution >= 0.6 is 11.6 Å². The van der Waals surface area contributed by atoms with E-state index in [0.717, 1.165) is 11.3 Å². The SMILES string of the molecule is Cc1nn(-c2ccccc2)nc1C(=O)NCC(c1ccccc1Cl)N(C)C. The average molecular weight is 384 g/mol. The van der Waals surface area contributed by atoms with Crippen molar-refractivity contribution in [3.8, 4) is 5.69 Å². The summed E-state index contributed by atoms with van der Waals surface area (Å²) >= 11 is 6.33.